The van der Waals surface area contributed by atoms with E-state index in [4.69, 9.17) is 16.3 Å². The van der Waals surface area contributed by atoms with Gasteiger partial charge in [0.25, 0.3) is 11.5 Å². The highest BCUT2D eigenvalue weighted by molar-refractivity contribution is 6.32. The number of fused-ring (bicyclic) bond motifs is 3. The molecule has 1 amide bonds. The van der Waals surface area contributed by atoms with Gasteiger partial charge in [0.15, 0.2) is 5.69 Å². The Bertz CT molecular complexity index is 1670. The Kier molecular flexibility index (Phi) is 6.72. The van der Waals surface area contributed by atoms with E-state index in [2.05, 4.69) is 22.5 Å². The molecule has 0 spiro atoms. The first-order chi connectivity index (χ1) is 17.9. The molecule has 5 aromatic rings. The van der Waals surface area contributed by atoms with Gasteiger partial charge < -0.3 is 14.6 Å². The maximum Gasteiger partial charge on any atom is 0.296 e. The van der Waals surface area contributed by atoms with E-state index in [1.54, 1.807) is 18.2 Å². The Balaban J connectivity index is 1.61. The maximum atomic E-state index is 13.7. The SMILES string of the molecule is COc1ccc(-n2nc(C(=O)NC(C)CCc3ccccc3)c3c4ccccc4n(C)c3c2=O)cc1Cl. The molecule has 0 bridgehead atoms. The fourth-order valence-electron chi connectivity index (χ4n) is 4.69. The second-order valence-electron chi connectivity index (χ2n) is 9.08. The topological polar surface area (TPSA) is 78.2 Å². The number of halogens is 1. The number of aromatic nitrogens is 3. The first-order valence-electron chi connectivity index (χ1n) is 12.1. The number of rotatable bonds is 7. The Morgan fingerprint density at radius 1 is 1.08 bits per heavy atom. The third-order valence-corrected chi connectivity index (χ3v) is 6.92. The van der Waals surface area contributed by atoms with Crippen LogP contribution in [0.25, 0.3) is 27.5 Å². The minimum absolute atomic E-state index is 0.102. The van der Waals surface area contributed by atoms with Crippen molar-refractivity contribution in [2.45, 2.75) is 25.8 Å². The molecule has 5 rings (SSSR count). The molecule has 0 radical (unpaired) electrons. The lowest BCUT2D eigenvalue weighted by molar-refractivity contribution is 0.0933. The first kappa shape index (κ1) is 24.6. The number of carbonyl (C=O) groups excluding carboxylic acids is 1. The van der Waals surface area contributed by atoms with Crippen molar-refractivity contribution < 1.29 is 9.53 Å². The molecule has 0 fully saturated rings. The second-order valence-corrected chi connectivity index (χ2v) is 9.49. The van der Waals surface area contributed by atoms with Crippen molar-refractivity contribution in [2.75, 3.05) is 7.11 Å². The van der Waals surface area contributed by atoms with E-state index in [0.717, 1.165) is 23.7 Å². The van der Waals surface area contributed by atoms with E-state index < -0.39 is 0 Å². The zero-order chi connectivity index (χ0) is 26.1. The van der Waals surface area contributed by atoms with Gasteiger partial charge in [0.1, 0.15) is 11.3 Å². The fourth-order valence-corrected chi connectivity index (χ4v) is 4.94. The highest BCUT2D eigenvalue weighted by Crippen LogP contribution is 2.30. The van der Waals surface area contributed by atoms with Gasteiger partial charge in [-0.15, -0.1) is 0 Å². The van der Waals surface area contributed by atoms with Crippen LogP contribution in [0.1, 0.15) is 29.4 Å². The zero-order valence-electron chi connectivity index (χ0n) is 20.9. The predicted octanol–water partition coefficient (Wildman–Crippen LogP) is 5.29. The van der Waals surface area contributed by atoms with Gasteiger partial charge in [-0.05, 0) is 49.6 Å². The quantitative estimate of drug-likeness (QED) is 0.320. The Labute approximate surface area is 219 Å². The molecule has 0 saturated heterocycles. The molecule has 2 aromatic heterocycles. The molecule has 0 saturated carbocycles. The Morgan fingerprint density at radius 3 is 2.54 bits per heavy atom. The third-order valence-electron chi connectivity index (χ3n) is 6.62. The normalized spacial score (nSPS) is 12.1. The molecule has 188 valence electrons. The summed E-state index contributed by atoms with van der Waals surface area (Å²) in [6.07, 6.45) is 1.60. The fraction of sp³-hybridized carbons (Fsp3) is 0.207. The molecular formula is C29H27ClN4O3. The summed E-state index contributed by atoms with van der Waals surface area (Å²) in [4.78, 5) is 27.4. The average molecular weight is 515 g/mol. The van der Waals surface area contributed by atoms with E-state index in [-0.39, 0.29) is 23.2 Å². The summed E-state index contributed by atoms with van der Waals surface area (Å²) >= 11 is 6.35. The lowest BCUT2D eigenvalue weighted by Gasteiger charge is -2.15. The number of hydrogen-bond donors (Lipinski definition) is 1. The molecule has 7 nitrogen and oxygen atoms in total. The number of methoxy groups -OCH3 is 1. The summed E-state index contributed by atoms with van der Waals surface area (Å²) in [5.74, 6) is 0.143. The van der Waals surface area contributed by atoms with E-state index in [1.807, 2.05) is 61.0 Å². The molecule has 3 aromatic carbocycles. The smallest absolute Gasteiger partial charge is 0.296 e. The molecular weight excluding hydrogens is 488 g/mol. The summed E-state index contributed by atoms with van der Waals surface area (Å²) < 4.78 is 8.29. The number of nitrogens with one attached hydrogen (secondary N) is 1. The molecule has 1 N–H and O–H groups in total. The minimum Gasteiger partial charge on any atom is -0.495 e. The van der Waals surface area contributed by atoms with Gasteiger partial charge in [-0.3, -0.25) is 9.59 Å². The van der Waals surface area contributed by atoms with Crippen molar-refractivity contribution in [3.8, 4) is 11.4 Å². The number of para-hydroxylation sites is 1. The van der Waals surface area contributed by atoms with E-state index in [1.165, 1.54) is 17.4 Å². The van der Waals surface area contributed by atoms with Crippen LogP contribution < -0.4 is 15.6 Å². The van der Waals surface area contributed by atoms with Crippen molar-refractivity contribution >= 4 is 39.3 Å². The van der Waals surface area contributed by atoms with Gasteiger partial charge >= 0.3 is 0 Å². The molecule has 8 heteroatoms. The van der Waals surface area contributed by atoms with E-state index in [9.17, 15) is 9.59 Å². The van der Waals surface area contributed by atoms with Crippen LogP contribution in [0.2, 0.25) is 5.02 Å². The molecule has 0 aliphatic carbocycles. The van der Waals surface area contributed by atoms with Gasteiger partial charge in [-0.1, -0.05) is 60.1 Å². The number of aryl methyl sites for hydroxylation is 2. The van der Waals surface area contributed by atoms with Gasteiger partial charge in [0.05, 0.1) is 17.8 Å². The number of hydrogen-bond acceptors (Lipinski definition) is 4. The van der Waals surface area contributed by atoms with Crippen LogP contribution in [-0.2, 0) is 13.5 Å². The van der Waals surface area contributed by atoms with Crippen molar-refractivity contribution in [3.63, 3.8) is 0 Å². The van der Waals surface area contributed by atoms with Crippen LogP contribution in [0.3, 0.4) is 0 Å². The minimum atomic E-state index is -0.344. The number of nitrogens with zero attached hydrogens (tertiary/aromatic N) is 3. The van der Waals surface area contributed by atoms with Crippen molar-refractivity contribution in [3.05, 3.63) is 99.4 Å². The average Bonchev–Trinajstić information content (AvgIpc) is 3.21. The summed E-state index contributed by atoms with van der Waals surface area (Å²) in [5.41, 5.74) is 2.73. The third kappa shape index (κ3) is 4.58. The number of benzene rings is 3. The summed E-state index contributed by atoms with van der Waals surface area (Å²) in [6, 6.07) is 22.6. The van der Waals surface area contributed by atoms with Crippen LogP contribution in [0.5, 0.6) is 5.75 Å². The van der Waals surface area contributed by atoms with E-state index in [0.29, 0.717) is 27.4 Å². The molecule has 0 aliphatic rings. The molecule has 2 heterocycles. The van der Waals surface area contributed by atoms with E-state index >= 15 is 0 Å². The Morgan fingerprint density at radius 2 is 1.81 bits per heavy atom. The van der Waals surface area contributed by atoms with Crippen LogP contribution in [0.4, 0.5) is 0 Å². The highest BCUT2D eigenvalue weighted by Gasteiger charge is 2.24. The van der Waals surface area contributed by atoms with Crippen LogP contribution in [0.15, 0.2) is 77.6 Å². The molecule has 1 unspecified atom stereocenters. The van der Waals surface area contributed by atoms with Gasteiger partial charge in [-0.25, -0.2) is 0 Å². The molecule has 37 heavy (non-hydrogen) atoms. The zero-order valence-corrected chi connectivity index (χ0v) is 21.6. The van der Waals surface area contributed by atoms with Gasteiger partial charge in [0.2, 0.25) is 0 Å². The highest BCUT2D eigenvalue weighted by atomic mass is 35.5. The Hall–Kier alpha value is -4.10. The van der Waals surface area contributed by atoms with Crippen LogP contribution in [0, 0.1) is 0 Å². The van der Waals surface area contributed by atoms with Crippen molar-refractivity contribution in [1.82, 2.24) is 19.7 Å². The summed E-state index contributed by atoms with van der Waals surface area (Å²) in [6.45, 7) is 1.97. The summed E-state index contributed by atoms with van der Waals surface area (Å²) in [5, 5.41) is 9.34. The standard InChI is InChI=1S/C29H27ClN4O3/c1-18(13-14-19-9-5-4-6-10-19)31-28(35)26-25-21-11-7-8-12-23(21)33(2)27(25)29(36)34(32-26)20-15-16-24(37-3)22(30)17-20/h4-12,15-18H,13-14H2,1-3H3,(H,31,35). The lowest BCUT2D eigenvalue weighted by Crippen LogP contribution is -2.35. The van der Waals surface area contributed by atoms with Crippen molar-refractivity contribution in [2.24, 2.45) is 7.05 Å². The largest absolute Gasteiger partial charge is 0.495 e. The number of carbonyl (C=O) groups is 1. The number of ether oxygens (including phenoxy) is 1. The maximum absolute atomic E-state index is 13.7. The monoisotopic (exact) mass is 514 g/mol. The number of amides is 1. The molecule has 1 atom stereocenters. The predicted molar refractivity (Wildman–Crippen MR) is 147 cm³/mol. The van der Waals surface area contributed by atoms with Crippen molar-refractivity contribution in [1.29, 1.82) is 0 Å². The second kappa shape index (κ2) is 10.1. The lowest BCUT2D eigenvalue weighted by atomic mass is 10.1. The van der Waals surface area contributed by atoms with Gasteiger partial charge in [-0.2, -0.15) is 9.78 Å². The van der Waals surface area contributed by atoms with Crippen LogP contribution in [-0.4, -0.2) is 33.4 Å². The molecule has 0 aliphatic heterocycles. The van der Waals surface area contributed by atoms with Crippen LogP contribution >= 0.6 is 11.6 Å². The van der Waals surface area contributed by atoms with Gasteiger partial charge in [0, 0.05) is 29.4 Å². The summed E-state index contributed by atoms with van der Waals surface area (Å²) in [7, 11) is 3.34. The first-order valence-corrected chi connectivity index (χ1v) is 12.5.